The minimum Gasteiger partial charge on any atom is -0.497 e. The van der Waals surface area contributed by atoms with Crippen LogP contribution in [0.2, 0.25) is 0 Å². The fourth-order valence-electron chi connectivity index (χ4n) is 5.52. The molecular weight excluding hydrogens is 675 g/mol. The van der Waals surface area contributed by atoms with Crippen molar-refractivity contribution in [2.45, 2.75) is 49.2 Å². The Hall–Kier alpha value is -5.07. The van der Waals surface area contributed by atoms with Gasteiger partial charge in [0.05, 0.1) is 32.1 Å². The van der Waals surface area contributed by atoms with Crippen LogP contribution in [-0.2, 0) is 27.2 Å². The van der Waals surface area contributed by atoms with E-state index in [0.29, 0.717) is 38.9 Å². The van der Waals surface area contributed by atoms with E-state index < -0.39 is 23.0 Å². The molecule has 4 aromatic rings. The molecule has 0 aliphatic heterocycles. The third kappa shape index (κ3) is 8.93. The Balaban J connectivity index is 1.33. The van der Waals surface area contributed by atoms with E-state index in [1.807, 2.05) is 6.07 Å². The number of rotatable bonds is 12. The number of fused-ring (bicyclic) bond motifs is 1. The van der Waals surface area contributed by atoms with Crippen molar-refractivity contribution in [2.75, 3.05) is 32.0 Å². The molecule has 12 heteroatoms. The van der Waals surface area contributed by atoms with Gasteiger partial charge >= 0.3 is 5.97 Å². The molecule has 0 saturated heterocycles. The van der Waals surface area contributed by atoms with Crippen molar-refractivity contribution >= 4 is 63.6 Å². The number of carbonyl (C=O) groups excluding carboxylic acids is 4. The van der Waals surface area contributed by atoms with Crippen molar-refractivity contribution in [1.82, 2.24) is 5.32 Å². The Morgan fingerprint density at radius 3 is 2.38 bits per heavy atom. The molecule has 1 aromatic heterocycles. The van der Waals surface area contributed by atoms with Crippen LogP contribution in [0.1, 0.15) is 62.9 Å². The van der Waals surface area contributed by atoms with Gasteiger partial charge in [-0.1, -0.05) is 30.7 Å². The third-order valence-corrected chi connectivity index (χ3v) is 10.4. The lowest BCUT2D eigenvalue weighted by Gasteiger charge is -2.15. The van der Waals surface area contributed by atoms with Crippen molar-refractivity contribution in [2.24, 2.45) is 0 Å². The molecule has 0 saturated carbocycles. The molecule has 1 heterocycles. The van der Waals surface area contributed by atoms with Gasteiger partial charge in [0.25, 0.3) is 11.8 Å². The highest BCUT2D eigenvalue weighted by molar-refractivity contribution is 8.00. The van der Waals surface area contributed by atoms with Crippen LogP contribution >= 0.6 is 23.1 Å². The Bertz CT molecular complexity index is 1910. The van der Waals surface area contributed by atoms with Crippen molar-refractivity contribution in [3.63, 3.8) is 0 Å². The molecule has 1 unspecified atom stereocenters. The number of amides is 3. The van der Waals surface area contributed by atoms with E-state index in [2.05, 4.69) is 16.0 Å². The highest BCUT2D eigenvalue weighted by atomic mass is 32.2. The number of anilines is 2. The Labute approximate surface area is 299 Å². The zero-order chi connectivity index (χ0) is 35.6. The Morgan fingerprint density at radius 1 is 0.860 bits per heavy atom. The molecule has 10 nitrogen and oxygen atoms in total. The van der Waals surface area contributed by atoms with E-state index in [4.69, 9.17) is 14.2 Å². The molecule has 5 rings (SSSR count). The summed E-state index contributed by atoms with van der Waals surface area (Å²) in [4.78, 5) is 54.9. The molecule has 3 aromatic carbocycles. The van der Waals surface area contributed by atoms with Gasteiger partial charge in [0.1, 0.15) is 22.2 Å². The normalized spacial score (nSPS) is 13.2. The highest BCUT2D eigenvalue weighted by Gasteiger charge is 2.27. The van der Waals surface area contributed by atoms with Crippen LogP contribution in [-0.4, -0.2) is 50.3 Å². The maximum Gasteiger partial charge on any atom is 0.341 e. The van der Waals surface area contributed by atoms with Gasteiger partial charge in [-0.05, 0) is 92.8 Å². The monoisotopic (exact) mass is 713 g/mol. The molecule has 0 radical (unpaired) electrons. The Morgan fingerprint density at radius 2 is 1.64 bits per heavy atom. The predicted molar refractivity (Wildman–Crippen MR) is 197 cm³/mol. The van der Waals surface area contributed by atoms with Gasteiger partial charge in [0.15, 0.2) is 0 Å². The number of ether oxygens (including phenoxy) is 3. The lowest BCUT2D eigenvalue weighted by molar-refractivity contribution is -0.115. The van der Waals surface area contributed by atoms with Gasteiger partial charge in [-0.25, -0.2) is 4.79 Å². The van der Waals surface area contributed by atoms with Crippen molar-refractivity contribution in [3.05, 3.63) is 106 Å². The Kier molecular flexibility index (Phi) is 12.3. The quantitative estimate of drug-likeness (QED) is 0.0601. The van der Waals surface area contributed by atoms with Gasteiger partial charge in [-0.2, -0.15) is 0 Å². The van der Waals surface area contributed by atoms with E-state index in [1.54, 1.807) is 73.7 Å². The number of esters is 1. The average Bonchev–Trinajstić information content (AvgIpc) is 3.30. The van der Waals surface area contributed by atoms with E-state index in [-0.39, 0.29) is 11.6 Å². The summed E-state index contributed by atoms with van der Waals surface area (Å²) >= 11 is 2.76. The highest BCUT2D eigenvalue weighted by Crippen LogP contribution is 2.38. The molecule has 1 aliphatic carbocycles. The van der Waals surface area contributed by atoms with Crippen LogP contribution in [0, 0.1) is 0 Å². The van der Waals surface area contributed by atoms with Crippen LogP contribution in [0.25, 0.3) is 6.08 Å². The molecular formula is C38H39N3O7S2. The first-order chi connectivity index (χ1) is 24.2. The molecule has 260 valence electrons. The van der Waals surface area contributed by atoms with Crippen molar-refractivity contribution < 1.29 is 33.4 Å². The number of benzene rings is 3. The number of methoxy groups -OCH3 is 3. The summed E-state index contributed by atoms with van der Waals surface area (Å²) < 4.78 is 15.9. The predicted octanol–water partition coefficient (Wildman–Crippen LogP) is 7.35. The number of aryl methyl sites for hydroxylation is 1. The van der Waals surface area contributed by atoms with E-state index >= 15 is 0 Å². The fraction of sp³-hybridized carbons (Fsp3) is 0.263. The van der Waals surface area contributed by atoms with Crippen LogP contribution in [0.3, 0.4) is 0 Å². The molecule has 3 amide bonds. The van der Waals surface area contributed by atoms with Crippen LogP contribution in [0.15, 0.2) is 83.4 Å². The summed E-state index contributed by atoms with van der Waals surface area (Å²) in [6, 6.07) is 20.8. The fourth-order valence-corrected chi connectivity index (χ4v) is 7.72. The minimum atomic E-state index is -0.570. The van der Waals surface area contributed by atoms with Crippen LogP contribution < -0.4 is 25.4 Å². The summed E-state index contributed by atoms with van der Waals surface area (Å²) in [5.41, 5.74) is 2.78. The number of hydrogen-bond acceptors (Lipinski definition) is 9. The van der Waals surface area contributed by atoms with E-state index in [1.165, 1.54) is 50.5 Å². The van der Waals surface area contributed by atoms with Crippen LogP contribution in [0.5, 0.6) is 11.5 Å². The van der Waals surface area contributed by atoms with Crippen molar-refractivity contribution in [1.29, 1.82) is 0 Å². The lowest BCUT2D eigenvalue weighted by Crippen LogP contribution is -2.30. The number of carbonyl (C=O) groups is 4. The SMILES string of the molecule is COC(=O)c1c(NC(=O)C(C)Sc2cccc(NC(=O)/C(=C\c3cc(OC)ccc3OC)NC(=O)c3ccccc3)c2)sc2c1CCCCC2. The van der Waals surface area contributed by atoms with Gasteiger partial charge in [-0.15, -0.1) is 23.1 Å². The lowest BCUT2D eigenvalue weighted by atomic mass is 10.1. The standard InChI is InChI=1S/C38H39N3O7S2/c1-23(34(42)41-37-33(38(45)48-4)29-16-9-6-10-17-32(29)50-37)49-28-15-11-14-26(22-28)39-36(44)30(40-35(43)24-12-7-5-8-13-24)21-25-20-27(46-2)18-19-31(25)47-3/h5,7-8,11-15,18-23H,6,9-10,16-17H2,1-4H3,(H,39,44)(H,40,43)(H,41,42)/b30-21+. The molecule has 3 N–H and O–H groups in total. The average molecular weight is 714 g/mol. The van der Waals surface area contributed by atoms with Crippen molar-refractivity contribution in [3.8, 4) is 11.5 Å². The first-order valence-corrected chi connectivity index (χ1v) is 17.8. The summed E-state index contributed by atoms with van der Waals surface area (Å²) in [7, 11) is 4.40. The summed E-state index contributed by atoms with van der Waals surface area (Å²) in [6.07, 6.45) is 6.33. The molecule has 0 fully saturated rings. The minimum absolute atomic E-state index is 0.0213. The first kappa shape index (κ1) is 36.2. The van der Waals surface area contributed by atoms with Gasteiger partial charge in [0.2, 0.25) is 5.91 Å². The zero-order valence-corrected chi connectivity index (χ0v) is 29.9. The second-order valence-electron chi connectivity index (χ2n) is 11.5. The van der Waals surface area contributed by atoms with Gasteiger partial charge in [-0.3, -0.25) is 14.4 Å². The molecule has 1 aliphatic rings. The van der Waals surface area contributed by atoms with E-state index in [9.17, 15) is 19.2 Å². The second-order valence-corrected chi connectivity index (χ2v) is 14.0. The zero-order valence-electron chi connectivity index (χ0n) is 28.3. The molecule has 0 spiro atoms. The first-order valence-electron chi connectivity index (χ1n) is 16.1. The third-order valence-electron chi connectivity index (χ3n) is 8.09. The van der Waals surface area contributed by atoms with Crippen LogP contribution in [0.4, 0.5) is 10.7 Å². The number of nitrogens with one attached hydrogen (secondary N) is 3. The largest absolute Gasteiger partial charge is 0.497 e. The maximum absolute atomic E-state index is 13.7. The maximum atomic E-state index is 13.7. The van der Waals surface area contributed by atoms with E-state index in [0.717, 1.165) is 47.4 Å². The summed E-state index contributed by atoms with van der Waals surface area (Å²) in [5.74, 6) is -0.707. The number of thioether (sulfide) groups is 1. The molecule has 50 heavy (non-hydrogen) atoms. The summed E-state index contributed by atoms with van der Waals surface area (Å²) in [5, 5.41) is 8.57. The second kappa shape index (κ2) is 17.0. The van der Waals surface area contributed by atoms with Gasteiger partial charge in [0, 0.05) is 26.6 Å². The number of hydrogen-bond donors (Lipinski definition) is 3. The summed E-state index contributed by atoms with van der Waals surface area (Å²) in [6.45, 7) is 1.78. The number of thiophene rings is 1. The molecule has 1 atom stereocenters. The topological polar surface area (TPSA) is 132 Å². The smallest absolute Gasteiger partial charge is 0.341 e. The van der Waals surface area contributed by atoms with Gasteiger partial charge < -0.3 is 30.2 Å². The molecule has 0 bridgehead atoms.